The van der Waals surface area contributed by atoms with Crippen molar-refractivity contribution in [3.8, 4) is 0 Å². The van der Waals surface area contributed by atoms with E-state index >= 15 is 0 Å². The van der Waals surface area contributed by atoms with Gasteiger partial charge in [-0.1, -0.05) is 35.0 Å². The molecule has 0 fully saturated rings. The Morgan fingerprint density at radius 1 is 1.29 bits per heavy atom. The van der Waals surface area contributed by atoms with E-state index in [0.29, 0.717) is 5.92 Å². The van der Waals surface area contributed by atoms with Crippen LogP contribution in [0.3, 0.4) is 0 Å². The molecule has 3 nitrogen and oxygen atoms in total. The van der Waals surface area contributed by atoms with Gasteiger partial charge < -0.3 is 5.32 Å². The number of aryl methyl sites for hydroxylation is 2. The molecule has 0 aliphatic heterocycles. The topological polar surface area (TPSA) is 29.9 Å². The van der Waals surface area contributed by atoms with Crippen LogP contribution < -0.4 is 5.32 Å². The molecule has 1 aromatic heterocycles. The minimum absolute atomic E-state index is 0.462. The van der Waals surface area contributed by atoms with E-state index in [0.717, 1.165) is 36.2 Å². The summed E-state index contributed by atoms with van der Waals surface area (Å²) in [6.45, 7) is 9.27. The van der Waals surface area contributed by atoms with Crippen molar-refractivity contribution < 1.29 is 0 Å². The van der Waals surface area contributed by atoms with Crippen LogP contribution in [-0.2, 0) is 13.0 Å². The minimum atomic E-state index is 0.462. The zero-order chi connectivity index (χ0) is 15.2. The van der Waals surface area contributed by atoms with E-state index in [4.69, 9.17) is 0 Å². The molecule has 0 amide bonds. The lowest BCUT2D eigenvalue weighted by molar-refractivity contribution is 0.550. The van der Waals surface area contributed by atoms with E-state index in [1.165, 1.54) is 11.3 Å². The van der Waals surface area contributed by atoms with E-state index < -0.39 is 0 Å². The van der Waals surface area contributed by atoms with Crippen molar-refractivity contribution in [1.82, 2.24) is 15.1 Å². The highest BCUT2D eigenvalue weighted by atomic mass is 79.9. The average Bonchev–Trinajstić information content (AvgIpc) is 2.83. The lowest BCUT2D eigenvalue weighted by Gasteiger charge is -2.18. The first-order valence-electron chi connectivity index (χ1n) is 7.63. The zero-order valence-corrected chi connectivity index (χ0v) is 14.7. The molecule has 4 heteroatoms. The van der Waals surface area contributed by atoms with Crippen LogP contribution in [0.25, 0.3) is 0 Å². The van der Waals surface area contributed by atoms with Crippen LogP contribution in [-0.4, -0.2) is 22.9 Å². The smallest absolute Gasteiger partial charge is 0.0596 e. The highest BCUT2D eigenvalue weighted by Crippen LogP contribution is 2.24. The van der Waals surface area contributed by atoms with Gasteiger partial charge in [-0.15, -0.1) is 0 Å². The van der Waals surface area contributed by atoms with Gasteiger partial charge in [0.25, 0.3) is 0 Å². The Balaban J connectivity index is 2.23. The van der Waals surface area contributed by atoms with Gasteiger partial charge in [0.1, 0.15) is 0 Å². The molecule has 114 valence electrons. The van der Waals surface area contributed by atoms with Gasteiger partial charge in [-0.2, -0.15) is 5.10 Å². The molecule has 21 heavy (non-hydrogen) atoms. The van der Waals surface area contributed by atoms with Gasteiger partial charge in [0.05, 0.1) is 5.69 Å². The lowest BCUT2D eigenvalue weighted by atomic mass is 9.94. The van der Waals surface area contributed by atoms with Gasteiger partial charge in [0, 0.05) is 29.2 Å². The molecular weight excluding hydrogens is 326 g/mol. The van der Waals surface area contributed by atoms with E-state index in [9.17, 15) is 0 Å². The van der Waals surface area contributed by atoms with E-state index in [-0.39, 0.29) is 0 Å². The molecule has 1 heterocycles. The molecule has 0 saturated heterocycles. The summed E-state index contributed by atoms with van der Waals surface area (Å²) in [5.41, 5.74) is 3.79. The van der Waals surface area contributed by atoms with Crippen molar-refractivity contribution in [2.75, 3.05) is 13.1 Å². The highest BCUT2D eigenvalue weighted by molar-refractivity contribution is 9.10. The Kier molecular flexibility index (Phi) is 6.00. The molecule has 2 rings (SSSR count). The number of hydrogen-bond donors (Lipinski definition) is 1. The Bertz CT molecular complexity index is 577. The molecule has 1 aromatic carbocycles. The number of halogens is 1. The minimum Gasteiger partial charge on any atom is -0.316 e. The van der Waals surface area contributed by atoms with Crippen LogP contribution >= 0.6 is 15.9 Å². The second-order valence-electron chi connectivity index (χ2n) is 5.36. The summed E-state index contributed by atoms with van der Waals surface area (Å²) < 4.78 is 3.26. The lowest BCUT2D eigenvalue weighted by Crippen LogP contribution is -2.23. The molecule has 1 atom stereocenters. The van der Waals surface area contributed by atoms with Crippen molar-refractivity contribution in [3.05, 3.63) is 51.8 Å². The Morgan fingerprint density at radius 3 is 2.76 bits per heavy atom. The number of benzene rings is 1. The van der Waals surface area contributed by atoms with Crippen molar-refractivity contribution >= 4 is 15.9 Å². The molecule has 0 bridgehead atoms. The van der Waals surface area contributed by atoms with Crippen LogP contribution in [0.4, 0.5) is 0 Å². The Hall–Kier alpha value is -1.13. The first-order valence-corrected chi connectivity index (χ1v) is 8.42. The van der Waals surface area contributed by atoms with Crippen molar-refractivity contribution in [3.63, 3.8) is 0 Å². The van der Waals surface area contributed by atoms with Gasteiger partial charge in [0.2, 0.25) is 0 Å². The summed E-state index contributed by atoms with van der Waals surface area (Å²) in [4.78, 5) is 0. The standard InChI is InChI=1S/C17H24BrN3/c1-4-19-12-15(14-7-6-8-16(18)10-14)11-17-9-13(3)20-21(17)5-2/h6-10,15,19H,4-5,11-12H2,1-3H3. The zero-order valence-electron chi connectivity index (χ0n) is 13.1. The SMILES string of the molecule is CCNCC(Cc1cc(C)nn1CC)c1cccc(Br)c1. The number of hydrogen-bond acceptors (Lipinski definition) is 2. The molecule has 0 aliphatic rings. The van der Waals surface area contributed by atoms with Crippen LogP contribution in [0, 0.1) is 6.92 Å². The molecule has 1 N–H and O–H groups in total. The van der Waals surface area contributed by atoms with Crippen molar-refractivity contribution in [2.45, 2.75) is 39.7 Å². The quantitative estimate of drug-likeness (QED) is 0.821. The normalized spacial score (nSPS) is 12.6. The fourth-order valence-electron chi connectivity index (χ4n) is 2.68. The van der Waals surface area contributed by atoms with Crippen LogP contribution in [0.1, 0.15) is 36.7 Å². The third-order valence-electron chi connectivity index (χ3n) is 3.70. The first-order chi connectivity index (χ1) is 10.1. The Morgan fingerprint density at radius 2 is 2.10 bits per heavy atom. The number of rotatable bonds is 7. The Labute approximate surface area is 135 Å². The summed E-state index contributed by atoms with van der Waals surface area (Å²) in [6, 6.07) is 10.8. The van der Waals surface area contributed by atoms with Gasteiger partial charge in [-0.3, -0.25) is 4.68 Å². The fourth-order valence-corrected chi connectivity index (χ4v) is 3.09. The number of nitrogens with zero attached hydrogens (tertiary/aromatic N) is 2. The third-order valence-corrected chi connectivity index (χ3v) is 4.19. The summed E-state index contributed by atoms with van der Waals surface area (Å²) in [5, 5.41) is 8.05. The maximum Gasteiger partial charge on any atom is 0.0596 e. The van der Waals surface area contributed by atoms with E-state index in [2.05, 4.69) is 82.1 Å². The van der Waals surface area contributed by atoms with Crippen LogP contribution in [0.15, 0.2) is 34.8 Å². The van der Waals surface area contributed by atoms with Gasteiger partial charge in [0.15, 0.2) is 0 Å². The number of nitrogens with one attached hydrogen (secondary N) is 1. The monoisotopic (exact) mass is 349 g/mol. The average molecular weight is 350 g/mol. The van der Waals surface area contributed by atoms with Crippen LogP contribution in [0.5, 0.6) is 0 Å². The molecular formula is C17H24BrN3. The number of aromatic nitrogens is 2. The maximum atomic E-state index is 4.56. The summed E-state index contributed by atoms with van der Waals surface area (Å²) in [6.07, 6.45) is 1.01. The molecule has 0 radical (unpaired) electrons. The van der Waals surface area contributed by atoms with E-state index in [1.807, 2.05) is 0 Å². The molecule has 1 unspecified atom stereocenters. The summed E-state index contributed by atoms with van der Waals surface area (Å²) >= 11 is 3.58. The van der Waals surface area contributed by atoms with Crippen molar-refractivity contribution in [2.24, 2.45) is 0 Å². The second kappa shape index (κ2) is 7.76. The second-order valence-corrected chi connectivity index (χ2v) is 6.27. The van der Waals surface area contributed by atoms with Crippen LogP contribution in [0.2, 0.25) is 0 Å². The highest BCUT2D eigenvalue weighted by Gasteiger charge is 2.15. The molecule has 0 aliphatic carbocycles. The fraction of sp³-hybridized carbons (Fsp3) is 0.471. The predicted octanol–water partition coefficient (Wildman–Crippen LogP) is 3.91. The largest absolute Gasteiger partial charge is 0.316 e. The first kappa shape index (κ1) is 16.2. The third kappa shape index (κ3) is 4.42. The van der Waals surface area contributed by atoms with E-state index in [1.54, 1.807) is 0 Å². The predicted molar refractivity (Wildman–Crippen MR) is 91.8 cm³/mol. The number of likely N-dealkylation sites (N-methyl/N-ethyl adjacent to an activating group) is 1. The van der Waals surface area contributed by atoms with Gasteiger partial charge in [-0.25, -0.2) is 0 Å². The molecule has 0 saturated carbocycles. The summed E-state index contributed by atoms with van der Waals surface area (Å²) in [5.74, 6) is 0.462. The summed E-state index contributed by atoms with van der Waals surface area (Å²) in [7, 11) is 0. The molecule has 2 aromatic rings. The maximum absolute atomic E-state index is 4.56. The van der Waals surface area contributed by atoms with Gasteiger partial charge in [-0.05, 0) is 50.6 Å². The van der Waals surface area contributed by atoms with Crippen molar-refractivity contribution in [1.29, 1.82) is 0 Å². The molecule has 0 spiro atoms. The van der Waals surface area contributed by atoms with Gasteiger partial charge >= 0.3 is 0 Å².